The topological polar surface area (TPSA) is 37.8 Å². The molecule has 0 amide bonds. The quantitative estimate of drug-likeness (QED) is 0.730. The van der Waals surface area contributed by atoms with E-state index in [0.717, 1.165) is 0 Å². The number of hydrogen-bond donors (Lipinski definition) is 1. The van der Waals surface area contributed by atoms with Gasteiger partial charge in [0.25, 0.3) is 0 Å². The minimum absolute atomic E-state index is 0.0420. The van der Waals surface area contributed by atoms with Gasteiger partial charge in [0.1, 0.15) is 0 Å². The molecule has 0 saturated heterocycles. The molecule has 4 heteroatoms. The van der Waals surface area contributed by atoms with Crippen molar-refractivity contribution in [1.82, 2.24) is 9.97 Å². The average molecular weight is 186 g/mol. The Balaban J connectivity index is 2.83. The lowest BCUT2D eigenvalue weighted by molar-refractivity contribution is 0.630. The molecule has 0 aliphatic carbocycles. The predicted molar refractivity (Wildman–Crippen MR) is 50.4 cm³/mol. The fourth-order valence-corrected chi connectivity index (χ4v) is 0.912. The molecule has 66 valence electrons. The van der Waals surface area contributed by atoms with E-state index in [4.69, 9.17) is 11.6 Å². The Bertz CT molecular complexity index is 267. The van der Waals surface area contributed by atoms with Gasteiger partial charge in [-0.15, -0.1) is 0 Å². The van der Waals surface area contributed by atoms with Gasteiger partial charge in [-0.1, -0.05) is 11.6 Å². The second-order valence-corrected chi connectivity index (χ2v) is 3.93. The van der Waals surface area contributed by atoms with Crippen molar-refractivity contribution in [2.45, 2.75) is 26.3 Å². The predicted octanol–water partition coefficient (Wildman–Crippen LogP) is 2.34. The monoisotopic (exact) mass is 185 g/mol. The highest BCUT2D eigenvalue weighted by Crippen LogP contribution is 2.18. The first-order chi connectivity index (χ1) is 5.49. The van der Waals surface area contributed by atoms with E-state index < -0.39 is 0 Å². The van der Waals surface area contributed by atoms with Crippen molar-refractivity contribution < 1.29 is 0 Å². The molecule has 0 aromatic carbocycles. The first kappa shape index (κ1) is 9.26. The normalized spacial score (nSPS) is 11.3. The number of rotatable bonds is 1. The molecule has 0 spiro atoms. The van der Waals surface area contributed by atoms with Crippen molar-refractivity contribution in [3.8, 4) is 0 Å². The fraction of sp³-hybridized carbons (Fsp3) is 0.500. The van der Waals surface area contributed by atoms with Gasteiger partial charge in [0, 0.05) is 17.9 Å². The Morgan fingerprint density at radius 3 is 2.33 bits per heavy atom. The molecule has 3 nitrogen and oxygen atoms in total. The molecule has 0 atom stereocenters. The molecule has 12 heavy (non-hydrogen) atoms. The van der Waals surface area contributed by atoms with E-state index >= 15 is 0 Å². The summed E-state index contributed by atoms with van der Waals surface area (Å²) in [4.78, 5) is 7.96. The molecular weight excluding hydrogens is 174 g/mol. The Kier molecular flexibility index (Phi) is 2.52. The van der Waals surface area contributed by atoms with Gasteiger partial charge in [-0.2, -0.15) is 0 Å². The van der Waals surface area contributed by atoms with Crippen LogP contribution in [0.5, 0.6) is 0 Å². The summed E-state index contributed by atoms with van der Waals surface area (Å²) in [6.07, 6.45) is 3.18. The van der Waals surface area contributed by atoms with Crippen molar-refractivity contribution in [2.75, 3.05) is 5.32 Å². The maximum atomic E-state index is 5.79. The molecule has 0 fully saturated rings. The van der Waals surface area contributed by atoms with Gasteiger partial charge in [0.15, 0.2) is 11.0 Å². The number of nitrogens with one attached hydrogen (secondary N) is 1. The molecule has 1 aromatic heterocycles. The van der Waals surface area contributed by atoms with Crippen molar-refractivity contribution in [1.29, 1.82) is 0 Å². The molecule has 1 N–H and O–H groups in total. The SMILES string of the molecule is CC(C)(C)Nc1nccnc1Cl. The van der Waals surface area contributed by atoms with E-state index in [-0.39, 0.29) is 5.54 Å². The number of halogens is 1. The molecular formula is C8H12ClN3. The third kappa shape index (κ3) is 2.66. The van der Waals surface area contributed by atoms with Crippen LogP contribution in [0.1, 0.15) is 20.8 Å². The number of nitrogens with zero attached hydrogens (tertiary/aromatic N) is 2. The van der Waals surface area contributed by atoms with Crippen LogP contribution in [-0.2, 0) is 0 Å². The van der Waals surface area contributed by atoms with Crippen LogP contribution in [0.15, 0.2) is 12.4 Å². The Hall–Kier alpha value is -0.830. The highest BCUT2D eigenvalue weighted by Gasteiger charge is 2.12. The Morgan fingerprint density at radius 2 is 1.83 bits per heavy atom. The second kappa shape index (κ2) is 3.27. The molecule has 0 aliphatic heterocycles. The Labute approximate surface area is 77.2 Å². The minimum Gasteiger partial charge on any atom is -0.363 e. The zero-order valence-corrected chi connectivity index (χ0v) is 8.18. The number of aromatic nitrogens is 2. The molecule has 0 aliphatic rings. The van der Waals surface area contributed by atoms with Crippen LogP contribution < -0.4 is 5.32 Å². The summed E-state index contributed by atoms with van der Waals surface area (Å²) in [6.45, 7) is 6.12. The Morgan fingerprint density at radius 1 is 1.25 bits per heavy atom. The molecule has 1 rings (SSSR count). The second-order valence-electron chi connectivity index (χ2n) is 3.57. The van der Waals surface area contributed by atoms with Crippen LogP contribution in [0.2, 0.25) is 5.15 Å². The first-order valence-corrected chi connectivity index (χ1v) is 4.11. The summed E-state index contributed by atoms with van der Waals surface area (Å²) >= 11 is 5.79. The molecule has 0 bridgehead atoms. The standard InChI is InChI=1S/C8H12ClN3/c1-8(2,3)12-7-6(9)10-4-5-11-7/h4-5H,1-3H3,(H,11,12). The smallest absolute Gasteiger partial charge is 0.171 e. The van der Waals surface area contributed by atoms with Crippen LogP contribution >= 0.6 is 11.6 Å². The molecule has 0 radical (unpaired) electrons. The number of hydrogen-bond acceptors (Lipinski definition) is 3. The van der Waals surface area contributed by atoms with Gasteiger partial charge < -0.3 is 5.32 Å². The lowest BCUT2D eigenvalue weighted by Crippen LogP contribution is -2.26. The highest BCUT2D eigenvalue weighted by molar-refractivity contribution is 6.31. The fourth-order valence-electron chi connectivity index (χ4n) is 0.760. The van der Waals surface area contributed by atoms with Crippen LogP contribution in [-0.4, -0.2) is 15.5 Å². The summed E-state index contributed by atoms with van der Waals surface area (Å²) in [5.41, 5.74) is -0.0420. The van der Waals surface area contributed by atoms with Crippen molar-refractivity contribution in [2.24, 2.45) is 0 Å². The third-order valence-electron chi connectivity index (χ3n) is 1.15. The van der Waals surface area contributed by atoms with Crippen LogP contribution in [0.4, 0.5) is 5.82 Å². The van der Waals surface area contributed by atoms with E-state index in [2.05, 4.69) is 15.3 Å². The highest BCUT2D eigenvalue weighted by atomic mass is 35.5. The summed E-state index contributed by atoms with van der Waals surface area (Å²) in [5, 5.41) is 3.55. The number of anilines is 1. The molecule has 0 unspecified atom stereocenters. The summed E-state index contributed by atoms with van der Waals surface area (Å²) in [7, 11) is 0. The van der Waals surface area contributed by atoms with E-state index in [1.165, 1.54) is 0 Å². The van der Waals surface area contributed by atoms with E-state index in [1.807, 2.05) is 20.8 Å². The van der Waals surface area contributed by atoms with Crippen LogP contribution in [0, 0.1) is 0 Å². The lowest BCUT2D eigenvalue weighted by atomic mass is 10.1. The maximum absolute atomic E-state index is 5.79. The van der Waals surface area contributed by atoms with Gasteiger partial charge in [0.2, 0.25) is 0 Å². The van der Waals surface area contributed by atoms with Gasteiger partial charge in [0.05, 0.1) is 0 Å². The zero-order valence-electron chi connectivity index (χ0n) is 7.43. The summed E-state index contributed by atoms with van der Waals surface area (Å²) < 4.78 is 0. The van der Waals surface area contributed by atoms with Crippen LogP contribution in [0.3, 0.4) is 0 Å². The third-order valence-corrected chi connectivity index (χ3v) is 1.42. The van der Waals surface area contributed by atoms with Gasteiger partial charge in [-0.25, -0.2) is 9.97 Å². The van der Waals surface area contributed by atoms with Crippen molar-refractivity contribution in [3.63, 3.8) is 0 Å². The molecule has 0 saturated carbocycles. The minimum atomic E-state index is -0.0420. The van der Waals surface area contributed by atoms with Gasteiger partial charge >= 0.3 is 0 Å². The van der Waals surface area contributed by atoms with Gasteiger partial charge in [-0.05, 0) is 20.8 Å². The first-order valence-electron chi connectivity index (χ1n) is 3.74. The van der Waals surface area contributed by atoms with Gasteiger partial charge in [-0.3, -0.25) is 0 Å². The van der Waals surface area contributed by atoms with E-state index in [9.17, 15) is 0 Å². The maximum Gasteiger partial charge on any atom is 0.171 e. The zero-order chi connectivity index (χ0) is 9.19. The largest absolute Gasteiger partial charge is 0.363 e. The van der Waals surface area contributed by atoms with Crippen molar-refractivity contribution >= 4 is 17.4 Å². The van der Waals surface area contributed by atoms with E-state index in [0.29, 0.717) is 11.0 Å². The van der Waals surface area contributed by atoms with Crippen LogP contribution in [0.25, 0.3) is 0 Å². The molecule has 1 heterocycles. The van der Waals surface area contributed by atoms with Crippen molar-refractivity contribution in [3.05, 3.63) is 17.5 Å². The summed E-state index contributed by atoms with van der Waals surface area (Å²) in [5.74, 6) is 0.631. The lowest BCUT2D eigenvalue weighted by Gasteiger charge is -2.21. The molecule has 1 aromatic rings. The summed E-state index contributed by atoms with van der Waals surface area (Å²) in [6, 6.07) is 0. The van der Waals surface area contributed by atoms with E-state index in [1.54, 1.807) is 12.4 Å². The average Bonchev–Trinajstić information content (AvgIpc) is 1.91.